The Hall–Kier alpha value is -2.63. The fraction of sp³-hybridized carbons (Fsp3) is 0.267. The minimum atomic E-state index is -1.38. The van der Waals surface area contributed by atoms with Crippen molar-refractivity contribution in [1.29, 1.82) is 0 Å². The number of hydrogen-bond acceptors (Lipinski definition) is 3. The Bertz CT molecular complexity index is 735. The van der Waals surface area contributed by atoms with E-state index < -0.39 is 17.3 Å². The first kappa shape index (κ1) is 13.4. The van der Waals surface area contributed by atoms with E-state index in [4.69, 9.17) is 0 Å². The summed E-state index contributed by atoms with van der Waals surface area (Å²) in [6, 6.07) is 3.48. The molecule has 0 radical (unpaired) electrons. The molecule has 2 heterocycles. The summed E-state index contributed by atoms with van der Waals surface area (Å²) in [7, 11) is 0. The molecular formula is C15H15N3O3. The highest BCUT2D eigenvalue weighted by Crippen LogP contribution is 2.34. The van der Waals surface area contributed by atoms with Crippen LogP contribution in [0.15, 0.2) is 42.9 Å². The molecule has 21 heavy (non-hydrogen) atoms. The van der Waals surface area contributed by atoms with Gasteiger partial charge in [0.1, 0.15) is 11.1 Å². The van der Waals surface area contributed by atoms with Gasteiger partial charge in [0.25, 0.3) is 0 Å². The van der Waals surface area contributed by atoms with E-state index in [-0.39, 0.29) is 6.42 Å². The van der Waals surface area contributed by atoms with Crippen LogP contribution in [0, 0.1) is 5.41 Å². The standard InChI is InChI=1S/C15H15N3O3/c19-13(15(14(20)21)6-2-1-3-7-15)17-11-4-5-12-16-8-9-18(12)10-11/h1-2,4-5,8-10H,3,6-7H2,(H,17,19)(H,20,21). The molecule has 108 valence electrons. The lowest BCUT2D eigenvalue weighted by Gasteiger charge is -2.28. The normalized spacial score (nSPS) is 21.3. The van der Waals surface area contributed by atoms with Crippen LogP contribution in [0.25, 0.3) is 5.65 Å². The Balaban J connectivity index is 1.86. The van der Waals surface area contributed by atoms with E-state index in [1.165, 1.54) is 0 Å². The number of rotatable bonds is 3. The third kappa shape index (κ3) is 2.29. The van der Waals surface area contributed by atoms with Crippen molar-refractivity contribution in [2.45, 2.75) is 19.3 Å². The maximum absolute atomic E-state index is 12.5. The molecule has 0 bridgehead atoms. The van der Waals surface area contributed by atoms with Gasteiger partial charge in [-0.3, -0.25) is 9.59 Å². The molecular weight excluding hydrogens is 270 g/mol. The van der Waals surface area contributed by atoms with Crippen LogP contribution in [0.4, 0.5) is 5.69 Å². The Morgan fingerprint density at radius 3 is 2.90 bits per heavy atom. The maximum atomic E-state index is 12.5. The van der Waals surface area contributed by atoms with Crippen molar-refractivity contribution in [3.8, 4) is 0 Å². The Kier molecular flexibility index (Phi) is 3.21. The minimum Gasteiger partial charge on any atom is -0.480 e. The van der Waals surface area contributed by atoms with Gasteiger partial charge in [0.15, 0.2) is 0 Å². The molecule has 1 amide bonds. The van der Waals surface area contributed by atoms with Gasteiger partial charge in [-0.2, -0.15) is 0 Å². The number of allylic oxidation sites excluding steroid dienone is 2. The van der Waals surface area contributed by atoms with Gasteiger partial charge < -0.3 is 14.8 Å². The smallest absolute Gasteiger partial charge is 0.319 e. The van der Waals surface area contributed by atoms with Crippen LogP contribution < -0.4 is 5.32 Å². The van der Waals surface area contributed by atoms with Crippen molar-refractivity contribution in [3.63, 3.8) is 0 Å². The first-order chi connectivity index (χ1) is 10.1. The Labute approximate surface area is 121 Å². The van der Waals surface area contributed by atoms with E-state index in [9.17, 15) is 14.7 Å². The number of hydrogen-bond donors (Lipinski definition) is 2. The molecule has 6 heteroatoms. The summed E-state index contributed by atoms with van der Waals surface area (Å²) in [4.78, 5) is 28.1. The lowest BCUT2D eigenvalue weighted by atomic mass is 9.76. The number of aromatic nitrogens is 2. The van der Waals surface area contributed by atoms with E-state index in [0.29, 0.717) is 18.5 Å². The maximum Gasteiger partial charge on any atom is 0.319 e. The van der Waals surface area contributed by atoms with Crippen LogP contribution >= 0.6 is 0 Å². The third-order valence-corrected chi connectivity index (χ3v) is 3.86. The van der Waals surface area contributed by atoms with Gasteiger partial charge in [-0.1, -0.05) is 12.2 Å². The summed E-state index contributed by atoms with van der Waals surface area (Å²) < 4.78 is 1.77. The van der Waals surface area contributed by atoms with Gasteiger partial charge in [-0.25, -0.2) is 4.98 Å². The number of pyridine rings is 1. The van der Waals surface area contributed by atoms with Gasteiger partial charge >= 0.3 is 5.97 Å². The van der Waals surface area contributed by atoms with Crippen LogP contribution in [0.5, 0.6) is 0 Å². The fourth-order valence-electron chi connectivity index (χ4n) is 2.58. The molecule has 0 spiro atoms. The number of carboxylic acids is 1. The molecule has 2 aromatic heterocycles. The predicted molar refractivity (Wildman–Crippen MR) is 76.9 cm³/mol. The van der Waals surface area contributed by atoms with Crippen LogP contribution in [-0.4, -0.2) is 26.4 Å². The van der Waals surface area contributed by atoms with Gasteiger partial charge in [0.2, 0.25) is 5.91 Å². The number of aliphatic carboxylic acids is 1. The lowest BCUT2D eigenvalue weighted by Crippen LogP contribution is -2.43. The number of fused-ring (bicyclic) bond motifs is 1. The van der Waals surface area contributed by atoms with Crippen molar-refractivity contribution in [2.75, 3.05) is 5.32 Å². The van der Waals surface area contributed by atoms with Gasteiger partial charge in [0.05, 0.1) is 5.69 Å². The highest BCUT2D eigenvalue weighted by Gasteiger charge is 2.45. The molecule has 1 unspecified atom stereocenters. The second-order valence-corrected chi connectivity index (χ2v) is 5.17. The molecule has 0 aliphatic heterocycles. The van der Waals surface area contributed by atoms with Crippen molar-refractivity contribution < 1.29 is 14.7 Å². The van der Waals surface area contributed by atoms with Crippen LogP contribution in [-0.2, 0) is 9.59 Å². The zero-order valence-corrected chi connectivity index (χ0v) is 11.3. The highest BCUT2D eigenvalue weighted by molar-refractivity contribution is 6.08. The molecule has 1 atom stereocenters. The highest BCUT2D eigenvalue weighted by atomic mass is 16.4. The van der Waals surface area contributed by atoms with E-state index in [1.807, 2.05) is 6.08 Å². The quantitative estimate of drug-likeness (QED) is 0.668. The monoisotopic (exact) mass is 285 g/mol. The fourth-order valence-corrected chi connectivity index (χ4v) is 2.58. The number of carboxylic acid groups (broad SMARTS) is 1. The molecule has 0 aromatic carbocycles. The molecule has 2 N–H and O–H groups in total. The van der Waals surface area contributed by atoms with Crippen molar-refractivity contribution in [3.05, 3.63) is 42.9 Å². The van der Waals surface area contributed by atoms with E-state index in [0.717, 1.165) is 5.65 Å². The Morgan fingerprint density at radius 1 is 1.33 bits per heavy atom. The van der Waals surface area contributed by atoms with Gasteiger partial charge in [-0.15, -0.1) is 0 Å². The van der Waals surface area contributed by atoms with Crippen molar-refractivity contribution >= 4 is 23.2 Å². The summed E-state index contributed by atoms with van der Waals surface area (Å²) in [6.07, 6.45) is 9.95. The predicted octanol–water partition coefficient (Wildman–Crippen LogP) is 2.08. The molecule has 6 nitrogen and oxygen atoms in total. The number of anilines is 1. The topological polar surface area (TPSA) is 83.7 Å². The minimum absolute atomic E-state index is 0.224. The number of amides is 1. The summed E-state index contributed by atoms with van der Waals surface area (Å²) in [5.41, 5.74) is -0.0548. The number of nitrogens with zero attached hydrogens (tertiary/aromatic N) is 2. The molecule has 0 fully saturated rings. The number of carbonyl (C=O) groups excluding carboxylic acids is 1. The summed E-state index contributed by atoms with van der Waals surface area (Å²) in [6.45, 7) is 0. The molecule has 0 saturated carbocycles. The van der Waals surface area contributed by atoms with E-state index in [1.54, 1.807) is 41.2 Å². The molecule has 1 aliphatic rings. The second kappa shape index (κ2) is 5.05. The average molecular weight is 285 g/mol. The van der Waals surface area contributed by atoms with Crippen LogP contribution in [0.3, 0.4) is 0 Å². The van der Waals surface area contributed by atoms with Crippen molar-refractivity contribution in [2.24, 2.45) is 5.41 Å². The zero-order valence-electron chi connectivity index (χ0n) is 11.3. The first-order valence-corrected chi connectivity index (χ1v) is 6.74. The largest absolute Gasteiger partial charge is 0.480 e. The lowest BCUT2D eigenvalue weighted by molar-refractivity contribution is -0.154. The SMILES string of the molecule is O=C(O)C1(C(=O)Nc2ccc3nccn3c2)CC=CCC1. The van der Waals surface area contributed by atoms with E-state index in [2.05, 4.69) is 10.3 Å². The average Bonchev–Trinajstić information content (AvgIpc) is 2.95. The Morgan fingerprint density at radius 2 is 2.19 bits per heavy atom. The molecule has 1 aliphatic carbocycles. The number of nitrogens with one attached hydrogen (secondary N) is 1. The molecule has 0 saturated heterocycles. The number of carbonyl (C=O) groups is 2. The van der Waals surface area contributed by atoms with Crippen molar-refractivity contribution in [1.82, 2.24) is 9.38 Å². The summed E-state index contributed by atoms with van der Waals surface area (Å²) in [5, 5.41) is 12.2. The number of imidazole rings is 1. The van der Waals surface area contributed by atoms with Gasteiger partial charge in [0, 0.05) is 18.6 Å². The molecule has 2 aromatic rings. The van der Waals surface area contributed by atoms with Crippen LogP contribution in [0.2, 0.25) is 0 Å². The van der Waals surface area contributed by atoms with E-state index >= 15 is 0 Å². The zero-order chi connectivity index (χ0) is 14.9. The third-order valence-electron chi connectivity index (χ3n) is 3.86. The first-order valence-electron chi connectivity index (χ1n) is 6.74. The van der Waals surface area contributed by atoms with Gasteiger partial charge in [-0.05, 0) is 31.4 Å². The summed E-state index contributed by atoms with van der Waals surface area (Å²) >= 11 is 0. The summed E-state index contributed by atoms with van der Waals surface area (Å²) in [5.74, 6) is -1.55. The van der Waals surface area contributed by atoms with Crippen LogP contribution in [0.1, 0.15) is 19.3 Å². The second-order valence-electron chi connectivity index (χ2n) is 5.17. The molecule has 3 rings (SSSR count).